The lowest BCUT2D eigenvalue weighted by Crippen LogP contribution is -2.39. The van der Waals surface area contributed by atoms with Crippen molar-refractivity contribution in [2.75, 3.05) is 13.2 Å². The topological polar surface area (TPSA) is 79.9 Å². The Morgan fingerprint density at radius 2 is 2.50 bits per heavy atom. The first-order valence-electron chi connectivity index (χ1n) is 5.42. The molecule has 0 saturated carbocycles. The molecule has 0 unspecified atom stereocenters. The van der Waals surface area contributed by atoms with E-state index in [1.807, 2.05) is 0 Å². The number of carbonyl (C=O) groups is 1. The average molecular weight is 250 g/mol. The van der Waals surface area contributed by atoms with Gasteiger partial charge in [0.2, 0.25) is 0 Å². The van der Waals surface area contributed by atoms with Gasteiger partial charge in [-0.1, -0.05) is 17.8 Å². The van der Waals surface area contributed by atoms with Crippen LogP contribution in [0.3, 0.4) is 0 Å². The van der Waals surface area contributed by atoms with E-state index < -0.39 is 6.09 Å². The Hall–Kier alpha value is -2.31. The molecule has 0 radical (unpaired) electrons. The second kappa shape index (κ2) is 4.91. The van der Waals surface area contributed by atoms with Gasteiger partial charge in [-0.3, -0.25) is 9.58 Å². The van der Waals surface area contributed by atoms with Crippen molar-refractivity contribution < 1.29 is 14.7 Å². The molecule has 0 saturated heterocycles. The van der Waals surface area contributed by atoms with Crippen LogP contribution < -0.4 is 0 Å². The van der Waals surface area contributed by atoms with E-state index >= 15 is 0 Å². The number of aryl methyl sites for hydroxylation is 1. The molecule has 0 aromatic carbocycles. The van der Waals surface area contributed by atoms with Crippen molar-refractivity contribution in [1.82, 2.24) is 14.7 Å². The van der Waals surface area contributed by atoms with E-state index in [-0.39, 0.29) is 13.2 Å². The van der Waals surface area contributed by atoms with Gasteiger partial charge in [0, 0.05) is 12.6 Å². The Morgan fingerprint density at radius 1 is 1.72 bits per heavy atom. The summed E-state index contributed by atoms with van der Waals surface area (Å²) in [6, 6.07) is 0. The number of oxime groups is 1. The third-order valence-electron chi connectivity index (χ3n) is 2.69. The zero-order valence-corrected chi connectivity index (χ0v) is 10.0. The molecular formula is C11H14N4O3. The van der Waals surface area contributed by atoms with E-state index in [0.717, 1.165) is 11.3 Å². The maximum atomic E-state index is 11.1. The van der Waals surface area contributed by atoms with Crippen molar-refractivity contribution in [2.24, 2.45) is 12.2 Å². The van der Waals surface area contributed by atoms with Crippen molar-refractivity contribution in [1.29, 1.82) is 0 Å². The largest absolute Gasteiger partial charge is 0.465 e. The Morgan fingerprint density at radius 3 is 3.17 bits per heavy atom. The van der Waals surface area contributed by atoms with Gasteiger partial charge < -0.3 is 9.94 Å². The molecule has 1 aliphatic rings. The highest BCUT2D eigenvalue weighted by Gasteiger charge is 2.28. The van der Waals surface area contributed by atoms with Crippen LogP contribution in [0.1, 0.15) is 11.3 Å². The van der Waals surface area contributed by atoms with Gasteiger partial charge in [-0.15, -0.1) is 0 Å². The SMILES string of the molecule is C=CCO/N=C1\CN(C(=O)O)Cc2c1cnn2C. The van der Waals surface area contributed by atoms with Crippen LogP contribution in [0.15, 0.2) is 24.0 Å². The summed E-state index contributed by atoms with van der Waals surface area (Å²) in [6.07, 6.45) is 2.26. The number of aromatic nitrogens is 2. The fraction of sp³-hybridized carbons (Fsp3) is 0.364. The van der Waals surface area contributed by atoms with Crippen molar-refractivity contribution in [3.8, 4) is 0 Å². The third kappa shape index (κ3) is 2.20. The van der Waals surface area contributed by atoms with Crippen LogP contribution in [0.4, 0.5) is 4.79 Å². The Bertz CT molecular complexity index is 506. The second-order valence-electron chi connectivity index (χ2n) is 3.89. The highest BCUT2D eigenvalue weighted by Crippen LogP contribution is 2.18. The number of nitrogens with zero attached hydrogens (tertiary/aromatic N) is 4. The molecule has 7 heteroatoms. The maximum Gasteiger partial charge on any atom is 0.408 e. The normalized spacial score (nSPS) is 16.5. The molecule has 1 aromatic heterocycles. The van der Waals surface area contributed by atoms with E-state index in [2.05, 4.69) is 16.8 Å². The monoisotopic (exact) mass is 250 g/mol. The zero-order valence-electron chi connectivity index (χ0n) is 10.0. The first-order chi connectivity index (χ1) is 8.63. The van der Waals surface area contributed by atoms with Crippen LogP contribution >= 0.6 is 0 Å². The molecule has 0 spiro atoms. The van der Waals surface area contributed by atoms with Crippen LogP contribution in [0.2, 0.25) is 0 Å². The third-order valence-corrected chi connectivity index (χ3v) is 2.69. The molecule has 2 heterocycles. The molecule has 0 fully saturated rings. The van der Waals surface area contributed by atoms with Crippen LogP contribution in [0, 0.1) is 0 Å². The molecule has 96 valence electrons. The van der Waals surface area contributed by atoms with Gasteiger partial charge in [0.05, 0.1) is 25.0 Å². The van der Waals surface area contributed by atoms with E-state index in [1.54, 1.807) is 24.0 Å². The van der Waals surface area contributed by atoms with Crippen LogP contribution in [-0.4, -0.2) is 44.7 Å². The summed E-state index contributed by atoms with van der Waals surface area (Å²) in [5, 5.41) is 17.1. The van der Waals surface area contributed by atoms with Crippen LogP contribution in [0.25, 0.3) is 0 Å². The van der Waals surface area contributed by atoms with Gasteiger partial charge in [-0.05, 0) is 0 Å². The van der Waals surface area contributed by atoms with Crippen LogP contribution in [-0.2, 0) is 18.4 Å². The van der Waals surface area contributed by atoms with Gasteiger partial charge in [0.15, 0.2) is 0 Å². The lowest BCUT2D eigenvalue weighted by atomic mass is 10.1. The summed E-state index contributed by atoms with van der Waals surface area (Å²) in [4.78, 5) is 17.4. The number of fused-ring (bicyclic) bond motifs is 1. The number of hydrogen-bond donors (Lipinski definition) is 1. The Labute approximate surface area is 104 Å². The number of amides is 1. The first-order valence-corrected chi connectivity index (χ1v) is 5.42. The van der Waals surface area contributed by atoms with Crippen molar-refractivity contribution in [3.63, 3.8) is 0 Å². The van der Waals surface area contributed by atoms with E-state index in [1.165, 1.54) is 4.90 Å². The van der Waals surface area contributed by atoms with Crippen molar-refractivity contribution >= 4 is 11.8 Å². The van der Waals surface area contributed by atoms with Crippen molar-refractivity contribution in [3.05, 3.63) is 30.1 Å². The minimum atomic E-state index is -0.988. The predicted octanol–water partition coefficient (Wildman–Crippen LogP) is 0.820. The van der Waals surface area contributed by atoms with E-state index in [4.69, 9.17) is 9.94 Å². The number of rotatable bonds is 3. The first kappa shape index (κ1) is 12.2. The molecule has 1 aliphatic heterocycles. The number of hydrogen-bond acceptors (Lipinski definition) is 4. The fourth-order valence-electron chi connectivity index (χ4n) is 1.78. The zero-order chi connectivity index (χ0) is 13.1. The predicted molar refractivity (Wildman–Crippen MR) is 64.3 cm³/mol. The summed E-state index contributed by atoms with van der Waals surface area (Å²) in [7, 11) is 1.77. The Kier molecular flexibility index (Phi) is 3.31. The van der Waals surface area contributed by atoms with Gasteiger partial charge in [0.25, 0.3) is 0 Å². The smallest absolute Gasteiger partial charge is 0.408 e. The van der Waals surface area contributed by atoms with Gasteiger partial charge >= 0.3 is 6.09 Å². The molecule has 2 rings (SSSR count). The highest BCUT2D eigenvalue weighted by atomic mass is 16.6. The molecule has 18 heavy (non-hydrogen) atoms. The molecular weight excluding hydrogens is 236 g/mol. The lowest BCUT2D eigenvalue weighted by Gasteiger charge is -2.25. The lowest BCUT2D eigenvalue weighted by molar-refractivity contribution is 0.144. The maximum absolute atomic E-state index is 11.1. The number of carboxylic acid groups (broad SMARTS) is 1. The average Bonchev–Trinajstić information content (AvgIpc) is 2.71. The summed E-state index contributed by atoms with van der Waals surface area (Å²) in [5.74, 6) is 0. The molecule has 0 bridgehead atoms. The van der Waals surface area contributed by atoms with E-state index in [0.29, 0.717) is 12.3 Å². The molecule has 1 N–H and O–H groups in total. The quantitative estimate of drug-likeness (QED) is 0.489. The van der Waals surface area contributed by atoms with Crippen LogP contribution in [0.5, 0.6) is 0 Å². The molecule has 1 amide bonds. The minimum Gasteiger partial charge on any atom is -0.465 e. The van der Waals surface area contributed by atoms with Crippen molar-refractivity contribution in [2.45, 2.75) is 6.54 Å². The minimum absolute atomic E-state index is 0.200. The summed E-state index contributed by atoms with van der Waals surface area (Å²) in [6.45, 7) is 4.31. The Balaban J connectivity index is 2.31. The summed E-state index contributed by atoms with van der Waals surface area (Å²) in [5.41, 5.74) is 2.21. The van der Waals surface area contributed by atoms with Gasteiger partial charge in [-0.25, -0.2) is 4.79 Å². The highest BCUT2D eigenvalue weighted by molar-refractivity contribution is 6.04. The van der Waals surface area contributed by atoms with Gasteiger partial charge in [0.1, 0.15) is 12.3 Å². The summed E-state index contributed by atoms with van der Waals surface area (Å²) < 4.78 is 1.65. The molecule has 0 atom stereocenters. The van der Waals surface area contributed by atoms with E-state index in [9.17, 15) is 4.79 Å². The van der Waals surface area contributed by atoms with Gasteiger partial charge in [-0.2, -0.15) is 5.10 Å². The standard InChI is InChI=1S/C11H14N4O3/c1-3-4-18-13-9-6-15(11(16)17)7-10-8(9)5-12-14(10)2/h3,5H,1,4,6-7H2,2H3,(H,16,17)/b13-9+. The molecule has 0 aliphatic carbocycles. The molecule has 7 nitrogen and oxygen atoms in total. The summed E-state index contributed by atoms with van der Waals surface area (Å²) >= 11 is 0. The fourth-order valence-corrected chi connectivity index (χ4v) is 1.78. The second-order valence-corrected chi connectivity index (χ2v) is 3.89. The molecule has 1 aromatic rings.